The van der Waals surface area contributed by atoms with Gasteiger partial charge in [0.15, 0.2) is 17.9 Å². The Hall–Kier alpha value is -7.24. The number of aromatic nitrogens is 2. The van der Waals surface area contributed by atoms with E-state index in [9.17, 15) is 44.2 Å². The standard InChI is InChI=1S/C52H62ClN7O14S/c1-27(20-40(64)73-51(5,6)7)45(65)59-42(30(4)62)49(67)72-36(25-71-48(66)37(29(3)61)21-39(63)28(2)57-50(68)74-52(8,9)10)24-69-35-18-14-31(15-19-35)41-38(22-54)47(60-44(55)43(41)56-11)75-26-34-23-70-46(58-34)32-12-16-33(53)17-13-32/h12-19,23,27-30,36-37,42,61-62H,20-21,24-26H2,1-10H3,(H2,55,60)(H,57,68)(H,59,65)/t27-,28+,29-,30-,36+,37+,42+/m1/s1. The van der Waals surface area contributed by atoms with E-state index in [0.29, 0.717) is 27.7 Å². The first kappa shape index (κ1) is 60.3. The number of rotatable bonds is 23. The first-order valence-corrected chi connectivity index (χ1v) is 24.9. The number of carbonyl (C=O) groups excluding carboxylic acids is 6. The van der Waals surface area contributed by atoms with Gasteiger partial charge in [-0.15, -0.1) is 0 Å². The lowest BCUT2D eigenvalue weighted by Crippen LogP contribution is -2.51. The maximum Gasteiger partial charge on any atom is 0.408 e. The molecule has 0 aliphatic carbocycles. The molecular weight excluding hydrogens is 1010 g/mol. The molecule has 2 aromatic heterocycles. The first-order chi connectivity index (χ1) is 35.1. The van der Waals surface area contributed by atoms with Gasteiger partial charge in [0.2, 0.25) is 17.5 Å². The number of esters is 3. The Bertz CT molecular complexity index is 2760. The number of nitrogens with zero attached hydrogens (tertiary/aromatic N) is 4. The fraction of sp³-hybridized carbons (Fsp3) is 0.462. The van der Waals surface area contributed by atoms with Crippen LogP contribution in [0.2, 0.25) is 5.02 Å². The number of nitrogens with two attached hydrogens (primary N) is 1. The molecule has 7 atom stereocenters. The van der Waals surface area contributed by atoms with E-state index in [4.69, 9.17) is 52.0 Å². The molecule has 4 aromatic rings. The molecule has 0 saturated heterocycles. The molecule has 0 radical (unpaired) electrons. The summed E-state index contributed by atoms with van der Waals surface area (Å²) in [6.45, 7) is 21.8. The summed E-state index contributed by atoms with van der Waals surface area (Å²) in [6, 6.07) is 12.3. The Labute approximate surface area is 444 Å². The Morgan fingerprint density at radius 3 is 2.07 bits per heavy atom. The van der Waals surface area contributed by atoms with Crippen molar-refractivity contribution in [3.63, 3.8) is 0 Å². The summed E-state index contributed by atoms with van der Waals surface area (Å²) in [5.41, 5.74) is 6.42. The molecule has 0 aliphatic rings. The summed E-state index contributed by atoms with van der Waals surface area (Å²) in [5.74, 6) is -6.19. The molecule has 21 nitrogen and oxygen atoms in total. The van der Waals surface area contributed by atoms with Gasteiger partial charge in [-0.25, -0.2) is 24.4 Å². The zero-order chi connectivity index (χ0) is 55.9. The van der Waals surface area contributed by atoms with Crippen LogP contribution in [0.1, 0.15) is 93.3 Å². The van der Waals surface area contributed by atoms with Crippen LogP contribution < -0.4 is 21.1 Å². The van der Waals surface area contributed by atoms with Crippen molar-refractivity contribution in [2.45, 2.75) is 134 Å². The average Bonchev–Trinajstić information content (AvgIpc) is 3.80. The Morgan fingerprint density at radius 1 is 0.867 bits per heavy atom. The third kappa shape index (κ3) is 18.6. The maximum atomic E-state index is 13.7. The molecule has 2 amide bonds. The number of benzene rings is 2. The molecule has 0 unspecified atom stereocenters. The third-order valence-electron chi connectivity index (χ3n) is 10.6. The lowest BCUT2D eigenvalue weighted by molar-refractivity contribution is -0.169. The number of alkyl carbamates (subject to hydrolysis) is 1. The normalized spacial score (nSPS) is 14.2. The molecule has 402 valence electrons. The predicted octanol–water partition coefficient (Wildman–Crippen LogP) is 7.29. The van der Waals surface area contributed by atoms with Gasteiger partial charge in [-0.2, -0.15) is 5.26 Å². The van der Waals surface area contributed by atoms with Crippen molar-refractivity contribution in [2.75, 3.05) is 18.9 Å². The van der Waals surface area contributed by atoms with Gasteiger partial charge in [-0.1, -0.05) is 42.4 Å². The number of halogens is 1. The Morgan fingerprint density at radius 2 is 1.49 bits per heavy atom. The largest absolute Gasteiger partial charge is 0.490 e. The molecule has 4 rings (SSSR count). The molecule has 0 saturated carbocycles. The van der Waals surface area contributed by atoms with Crippen molar-refractivity contribution in [1.82, 2.24) is 20.6 Å². The summed E-state index contributed by atoms with van der Waals surface area (Å²) < 4.78 is 33.3. The average molecular weight is 1080 g/mol. The van der Waals surface area contributed by atoms with E-state index < -0.39 is 109 Å². The van der Waals surface area contributed by atoms with Gasteiger partial charge in [0, 0.05) is 34.2 Å². The van der Waals surface area contributed by atoms with Crippen molar-refractivity contribution in [3.05, 3.63) is 82.5 Å². The van der Waals surface area contributed by atoms with Gasteiger partial charge in [0.05, 0.1) is 48.4 Å². The van der Waals surface area contributed by atoms with Crippen LogP contribution in [0, 0.1) is 29.7 Å². The fourth-order valence-electron chi connectivity index (χ4n) is 6.76. The van der Waals surface area contributed by atoms with Gasteiger partial charge in [-0.3, -0.25) is 19.2 Å². The van der Waals surface area contributed by atoms with Crippen molar-refractivity contribution in [2.24, 2.45) is 11.8 Å². The highest BCUT2D eigenvalue weighted by Crippen LogP contribution is 2.42. The summed E-state index contributed by atoms with van der Waals surface area (Å²) >= 11 is 7.17. The van der Waals surface area contributed by atoms with Crippen LogP contribution in [0.25, 0.3) is 27.4 Å². The van der Waals surface area contributed by atoms with Gasteiger partial charge in [0.25, 0.3) is 0 Å². The topological polar surface area (TPSA) is 306 Å². The highest BCUT2D eigenvalue weighted by molar-refractivity contribution is 7.98. The number of aliphatic hydroxyl groups excluding tert-OH is 2. The van der Waals surface area contributed by atoms with Crippen LogP contribution in [-0.2, 0) is 48.7 Å². The highest BCUT2D eigenvalue weighted by Gasteiger charge is 2.35. The van der Waals surface area contributed by atoms with Crippen LogP contribution in [0.3, 0.4) is 0 Å². The highest BCUT2D eigenvalue weighted by atomic mass is 35.5. The minimum atomic E-state index is -1.69. The maximum absolute atomic E-state index is 13.7. The number of ether oxygens (including phenoxy) is 5. The molecule has 2 aromatic carbocycles. The SMILES string of the molecule is [C-]#[N+]c1c(N)nc(SCc2coc(-c3ccc(Cl)cc3)n2)c(C#N)c1-c1ccc(OC[C@@H](COC(=O)[C@@H](CC(=O)[C@H](C)NC(=O)OC(C)(C)C)[C@@H](C)O)OC(=O)[C@@H](NC(=O)[C@H](C)CC(=O)OC(C)(C)C)[C@@H](C)O)cc1. The Kier molecular flexibility index (Phi) is 21.6. The van der Waals surface area contributed by atoms with E-state index >= 15 is 0 Å². The second-order valence-electron chi connectivity index (χ2n) is 19.4. The first-order valence-electron chi connectivity index (χ1n) is 23.5. The smallest absolute Gasteiger partial charge is 0.408 e. The quantitative estimate of drug-likeness (QED) is 0.0211. The number of ketones is 1. The second kappa shape index (κ2) is 26.8. The summed E-state index contributed by atoms with van der Waals surface area (Å²) in [6.07, 6.45) is -4.76. The molecule has 75 heavy (non-hydrogen) atoms. The minimum Gasteiger partial charge on any atom is -0.490 e. The number of Topliss-reactive ketones (excluding diaryl/α,β-unsaturated/α-hetero) is 1. The monoisotopic (exact) mass is 1080 g/mol. The van der Waals surface area contributed by atoms with Crippen LogP contribution in [-0.4, -0.2) is 111 Å². The number of aliphatic hydroxyl groups is 2. The third-order valence-corrected chi connectivity index (χ3v) is 11.8. The number of thioether (sulfide) groups is 1. The van der Waals surface area contributed by atoms with Gasteiger partial charge >= 0.3 is 24.0 Å². The number of nitrogens with one attached hydrogen (secondary N) is 2. The van der Waals surface area contributed by atoms with E-state index in [1.165, 1.54) is 46.1 Å². The molecule has 23 heteroatoms. The van der Waals surface area contributed by atoms with Crippen LogP contribution in [0.4, 0.5) is 16.3 Å². The number of anilines is 1. The molecule has 0 spiro atoms. The molecule has 2 heterocycles. The molecule has 6 N–H and O–H groups in total. The van der Waals surface area contributed by atoms with Crippen molar-refractivity contribution >= 4 is 70.6 Å². The van der Waals surface area contributed by atoms with Gasteiger partial charge in [0.1, 0.15) is 53.3 Å². The number of pyridine rings is 1. The molecule has 0 aliphatic heterocycles. The second-order valence-corrected chi connectivity index (χ2v) is 20.8. The van der Waals surface area contributed by atoms with E-state index in [0.717, 1.165) is 11.8 Å². The zero-order valence-corrected chi connectivity index (χ0v) is 44.8. The number of oxazole rings is 1. The molecular formula is C52H62ClN7O14S. The summed E-state index contributed by atoms with van der Waals surface area (Å²) in [4.78, 5) is 90.8. The summed E-state index contributed by atoms with van der Waals surface area (Å²) in [5, 5.41) is 37.2. The van der Waals surface area contributed by atoms with Crippen molar-refractivity contribution in [3.8, 4) is 34.4 Å². The number of carbonyl (C=O) groups is 6. The van der Waals surface area contributed by atoms with Gasteiger partial charge < -0.3 is 54.7 Å². The summed E-state index contributed by atoms with van der Waals surface area (Å²) in [7, 11) is 0. The van der Waals surface area contributed by atoms with E-state index in [1.807, 2.05) is 0 Å². The number of nitriles is 1. The minimum absolute atomic E-state index is 0.0639. The van der Waals surface area contributed by atoms with Crippen LogP contribution in [0.15, 0.2) is 64.2 Å². The fourth-order valence-corrected chi connectivity index (χ4v) is 7.76. The lowest BCUT2D eigenvalue weighted by atomic mass is 9.95. The number of hydrogen-bond donors (Lipinski definition) is 5. The number of hydrogen-bond acceptors (Lipinski definition) is 19. The lowest BCUT2D eigenvalue weighted by Gasteiger charge is -2.26. The number of nitrogen functional groups attached to an aromatic ring is 1. The van der Waals surface area contributed by atoms with Crippen LogP contribution in [0.5, 0.6) is 5.75 Å². The van der Waals surface area contributed by atoms with E-state index in [1.54, 1.807) is 77.9 Å². The van der Waals surface area contributed by atoms with Crippen LogP contribution >= 0.6 is 23.4 Å². The van der Waals surface area contributed by atoms with E-state index in [-0.39, 0.29) is 45.6 Å². The molecule has 0 bridgehead atoms. The predicted molar refractivity (Wildman–Crippen MR) is 275 cm³/mol. The zero-order valence-electron chi connectivity index (χ0n) is 43.2. The number of amides is 2. The van der Waals surface area contributed by atoms with Crippen molar-refractivity contribution < 1.29 is 67.1 Å². The Balaban J connectivity index is 1.56. The molecule has 0 fully saturated rings. The van der Waals surface area contributed by atoms with E-state index in [2.05, 4.69) is 31.5 Å². The van der Waals surface area contributed by atoms with Crippen molar-refractivity contribution in [1.29, 1.82) is 5.26 Å². The van der Waals surface area contributed by atoms with Gasteiger partial charge in [-0.05, 0) is 104 Å².